The summed E-state index contributed by atoms with van der Waals surface area (Å²) in [5.41, 5.74) is 4.59. The van der Waals surface area contributed by atoms with E-state index in [0.29, 0.717) is 6.54 Å². The number of nitrogens with zero attached hydrogens (tertiary/aromatic N) is 1. The molecule has 0 saturated carbocycles. The predicted octanol–water partition coefficient (Wildman–Crippen LogP) is 3.73. The molecule has 0 aromatic heterocycles. The Labute approximate surface area is 188 Å². The fourth-order valence-electron chi connectivity index (χ4n) is 4.07. The molecular weight excluding hydrogens is 408 g/mol. The third-order valence-electron chi connectivity index (χ3n) is 5.93. The highest BCUT2D eigenvalue weighted by Crippen LogP contribution is 2.44. The molecule has 2 aromatic rings. The van der Waals surface area contributed by atoms with E-state index in [0.717, 1.165) is 22.3 Å². The maximum Gasteiger partial charge on any atom is 0.407 e. The van der Waals surface area contributed by atoms with Gasteiger partial charge in [-0.15, -0.1) is 0 Å². The number of carbonyl (C=O) groups is 3. The number of benzene rings is 2. The molecule has 2 N–H and O–H groups in total. The normalized spacial score (nSPS) is 14.1. The van der Waals surface area contributed by atoms with E-state index < -0.39 is 23.9 Å². The molecule has 2 atom stereocenters. The molecule has 1 aliphatic rings. The van der Waals surface area contributed by atoms with Crippen molar-refractivity contribution in [3.05, 3.63) is 59.7 Å². The van der Waals surface area contributed by atoms with E-state index in [1.165, 1.54) is 4.90 Å². The molecule has 0 saturated heterocycles. The van der Waals surface area contributed by atoms with Crippen LogP contribution in [0.5, 0.6) is 0 Å². The van der Waals surface area contributed by atoms with Crippen LogP contribution in [-0.2, 0) is 14.3 Å². The summed E-state index contributed by atoms with van der Waals surface area (Å²) in [5, 5.41) is 11.7. The highest BCUT2D eigenvalue weighted by atomic mass is 16.5. The van der Waals surface area contributed by atoms with E-state index in [2.05, 4.69) is 29.6 Å². The quantitative estimate of drug-likeness (QED) is 0.622. The number of ether oxygens (including phenoxy) is 1. The molecule has 0 aliphatic heterocycles. The second kappa shape index (κ2) is 10.3. The molecule has 1 aliphatic carbocycles. The van der Waals surface area contributed by atoms with E-state index in [9.17, 15) is 14.4 Å². The number of nitrogens with one attached hydrogen (secondary N) is 1. The summed E-state index contributed by atoms with van der Waals surface area (Å²) >= 11 is 0. The van der Waals surface area contributed by atoms with Crippen LogP contribution in [0.15, 0.2) is 48.5 Å². The first-order chi connectivity index (χ1) is 15.3. The molecule has 170 valence electrons. The number of carboxylic acid groups (broad SMARTS) is 1. The van der Waals surface area contributed by atoms with Crippen molar-refractivity contribution < 1.29 is 24.2 Å². The Hall–Kier alpha value is -3.35. The Bertz CT molecular complexity index is 944. The Morgan fingerprint density at radius 2 is 1.56 bits per heavy atom. The number of amides is 2. The fraction of sp³-hybridized carbons (Fsp3) is 0.400. The molecule has 0 radical (unpaired) electrons. The molecule has 2 unspecified atom stereocenters. The molecule has 7 heteroatoms. The molecule has 32 heavy (non-hydrogen) atoms. The molecule has 0 heterocycles. The summed E-state index contributed by atoms with van der Waals surface area (Å²) in [6, 6.07) is 16.2. The van der Waals surface area contributed by atoms with Crippen LogP contribution in [0.4, 0.5) is 4.79 Å². The van der Waals surface area contributed by atoms with Gasteiger partial charge in [0.2, 0.25) is 5.91 Å². The van der Waals surface area contributed by atoms with Crippen LogP contribution in [0.3, 0.4) is 0 Å². The highest BCUT2D eigenvalue weighted by Gasteiger charge is 2.29. The van der Waals surface area contributed by atoms with Crippen molar-refractivity contribution in [1.29, 1.82) is 0 Å². The van der Waals surface area contributed by atoms with Crippen molar-refractivity contribution in [1.82, 2.24) is 10.2 Å². The third-order valence-corrected chi connectivity index (χ3v) is 5.93. The standard InChI is InChI=1S/C25H30N2O5/c1-4-27(14-17(3)24(29)30)23(28)16(2)13-26-25(31)32-15-22-20-11-7-5-9-18(20)19-10-6-8-12-21(19)22/h5-12,16-17,22H,4,13-15H2,1-3H3,(H,26,31)(H,29,30). The maximum atomic E-state index is 12.6. The van der Waals surface area contributed by atoms with E-state index in [1.54, 1.807) is 20.8 Å². The zero-order valence-corrected chi connectivity index (χ0v) is 18.7. The highest BCUT2D eigenvalue weighted by molar-refractivity contribution is 5.81. The number of hydrogen-bond acceptors (Lipinski definition) is 4. The number of carboxylic acids is 1. The summed E-state index contributed by atoms with van der Waals surface area (Å²) in [7, 11) is 0. The van der Waals surface area contributed by atoms with Gasteiger partial charge in [0, 0.05) is 25.6 Å². The van der Waals surface area contributed by atoms with Gasteiger partial charge in [-0.25, -0.2) is 4.79 Å². The van der Waals surface area contributed by atoms with Gasteiger partial charge < -0.3 is 20.1 Å². The predicted molar refractivity (Wildman–Crippen MR) is 121 cm³/mol. The van der Waals surface area contributed by atoms with E-state index >= 15 is 0 Å². The number of rotatable bonds is 9. The number of aliphatic carboxylic acids is 1. The van der Waals surface area contributed by atoms with Crippen LogP contribution < -0.4 is 5.32 Å². The lowest BCUT2D eigenvalue weighted by atomic mass is 9.98. The number of carbonyl (C=O) groups excluding carboxylic acids is 2. The van der Waals surface area contributed by atoms with Gasteiger partial charge in [0.1, 0.15) is 6.61 Å². The van der Waals surface area contributed by atoms with Gasteiger partial charge >= 0.3 is 12.1 Å². The Balaban J connectivity index is 1.53. The van der Waals surface area contributed by atoms with Gasteiger partial charge in [-0.1, -0.05) is 62.4 Å². The summed E-state index contributed by atoms with van der Waals surface area (Å²) in [6.07, 6.45) is -0.575. The fourth-order valence-corrected chi connectivity index (χ4v) is 4.07. The van der Waals surface area contributed by atoms with Gasteiger partial charge in [0.25, 0.3) is 0 Å². The van der Waals surface area contributed by atoms with Crippen molar-refractivity contribution in [3.63, 3.8) is 0 Å². The van der Waals surface area contributed by atoms with Gasteiger partial charge in [-0.2, -0.15) is 0 Å². The summed E-state index contributed by atoms with van der Waals surface area (Å²) in [5.74, 6) is -2.31. The van der Waals surface area contributed by atoms with E-state index in [1.807, 2.05) is 24.3 Å². The first kappa shape index (κ1) is 23.3. The minimum absolute atomic E-state index is 0.0275. The SMILES string of the molecule is CCN(CC(C)C(=O)O)C(=O)C(C)CNC(=O)OCC1c2ccccc2-c2ccccc21. The summed E-state index contributed by atoms with van der Waals surface area (Å²) in [6.45, 7) is 5.95. The molecule has 2 amide bonds. The van der Waals surface area contributed by atoms with Crippen molar-refractivity contribution >= 4 is 18.0 Å². The average Bonchev–Trinajstić information content (AvgIpc) is 3.12. The Morgan fingerprint density at radius 3 is 2.09 bits per heavy atom. The van der Waals surface area contributed by atoms with Crippen molar-refractivity contribution in [2.45, 2.75) is 26.7 Å². The van der Waals surface area contributed by atoms with Crippen LogP contribution in [0, 0.1) is 11.8 Å². The molecular formula is C25H30N2O5. The van der Waals surface area contributed by atoms with Crippen LogP contribution in [0.2, 0.25) is 0 Å². The second-order valence-corrected chi connectivity index (χ2v) is 8.22. The van der Waals surface area contributed by atoms with Crippen molar-refractivity contribution in [2.75, 3.05) is 26.2 Å². The lowest BCUT2D eigenvalue weighted by Crippen LogP contribution is -2.43. The molecule has 3 rings (SSSR count). The van der Waals surface area contributed by atoms with Crippen LogP contribution in [-0.4, -0.2) is 54.2 Å². The second-order valence-electron chi connectivity index (χ2n) is 8.22. The number of alkyl carbamates (subject to hydrolysis) is 1. The van der Waals surface area contributed by atoms with E-state index in [4.69, 9.17) is 9.84 Å². The smallest absolute Gasteiger partial charge is 0.407 e. The average molecular weight is 439 g/mol. The van der Waals surface area contributed by atoms with Crippen molar-refractivity contribution in [3.8, 4) is 11.1 Å². The Kier molecular flexibility index (Phi) is 7.51. The molecule has 2 aromatic carbocycles. The van der Waals surface area contributed by atoms with Crippen molar-refractivity contribution in [2.24, 2.45) is 11.8 Å². The lowest BCUT2D eigenvalue weighted by Gasteiger charge is -2.26. The first-order valence-corrected chi connectivity index (χ1v) is 10.9. The van der Waals surface area contributed by atoms with Crippen LogP contribution in [0.25, 0.3) is 11.1 Å². The van der Waals surface area contributed by atoms with Gasteiger partial charge in [-0.3, -0.25) is 9.59 Å². The van der Waals surface area contributed by atoms with Crippen LogP contribution in [0.1, 0.15) is 37.8 Å². The maximum absolute atomic E-state index is 12.6. The zero-order valence-electron chi connectivity index (χ0n) is 18.7. The van der Waals surface area contributed by atoms with Crippen LogP contribution >= 0.6 is 0 Å². The molecule has 0 bridgehead atoms. The number of fused-ring (bicyclic) bond motifs is 3. The summed E-state index contributed by atoms with van der Waals surface area (Å²) in [4.78, 5) is 37.5. The largest absolute Gasteiger partial charge is 0.481 e. The molecule has 0 spiro atoms. The molecule has 0 fully saturated rings. The summed E-state index contributed by atoms with van der Waals surface area (Å²) < 4.78 is 5.50. The Morgan fingerprint density at radius 1 is 1.00 bits per heavy atom. The lowest BCUT2D eigenvalue weighted by molar-refractivity contribution is -0.143. The van der Waals surface area contributed by atoms with Gasteiger partial charge in [0.05, 0.1) is 11.8 Å². The monoisotopic (exact) mass is 438 g/mol. The minimum atomic E-state index is -0.944. The zero-order chi connectivity index (χ0) is 23.3. The minimum Gasteiger partial charge on any atom is -0.481 e. The topological polar surface area (TPSA) is 95.9 Å². The molecule has 7 nitrogen and oxygen atoms in total. The number of hydrogen-bond donors (Lipinski definition) is 2. The van der Waals surface area contributed by atoms with E-state index in [-0.39, 0.29) is 31.5 Å². The van der Waals surface area contributed by atoms with Gasteiger partial charge in [-0.05, 0) is 29.2 Å². The van der Waals surface area contributed by atoms with Gasteiger partial charge in [0.15, 0.2) is 0 Å². The third kappa shape index (κ3) is 5.10. The first-order valence-electron chi connectivity index (χ1n) is 10.9.